The van der Waals surface area contributed by atoms with Gasteiger partial charge in [-0.2, -0.15) is 0 Å². The van der Waals surface area contributed by atoms with E-state index in [-0.39, 0.29) is 11.8 Å². The molecule has 1 aromatic carbocycles. The van der Waals surface area contributed by atoms with Gasteiger partial charge in [0, 0.05) is 5.92 Å². The summed E-state index contributed by atoms with van der Waals surface area (Å²) in [5.41, 5.74) is 0.738. The number of halogens is 1. The van der Waals surface area contributed by atoms with Gasteiger partial charge in [0.2, 0.25) is 5.91 Å². The van der Waals surface area contributed by atoms with Gasteiger partial charge < -0.3 is 5.32 Å². The lowest BCUT2D eigenvalue weighted by atomic mass is 9.88. The van der Waals surface area contributed by atoms with Gasteiger partial charge in [0.05, 0.1) is 10.7 Å². The van der Waals surface area contributed by atoms with Gasteiger partial charge in [0.1, 0.15) is 0 Å². The van der Waals surface area contributed by atoms with Crippen LogP contribution in [-0.2, 0) is 4.79 Å². The highest BCUT2D eigenvalue weighted by Gasteiger charge is 2.43. The molecule has 2 bridgehead atoms. The van der Waals surface area contributed by atoms with Crippen molar-refractivity contribution in [2.24, 2.45) is 17.8 Å². The van der Waals surface area contributed by atoms with Gasteiger partial charge in [-0.25, -0.2) is 0 Å². The molecule has 90 valence electrons. The monoisotopic (exact) mass is 249 g/mol. The maximum absolute atomic E-state index is 12.2. The van der Waals surface area contributed by atoms with E-state index in [0.29, 0.717) is 10.9 Å². The molecule has 0 saturated heterocycles. The molecule has 3 rings (SSSR count). The third-order valence-corrected chi connectivity index (χ3v) is 4.54. The Hall–Kier alpha value is -1.02. The number of benzene rings is 1. The number of fused-ring (bicyclic) bond motifs is 2. The van der Waals surface area contributed by atoms with Crippen LogP contribution < -0.4 is 5.32 Å². The maximum Gasteiger partial charge on any atom is 0.227 e. The molecular formula is C14H16ClNO. The number of nitrogens with one attached hydrogen (secondary N) is 1. The molecule has 17 heavy (non-hydrogen) atoms. The molecule has 3 heteroatoms. The fourth-order valence-electron chi connectivity index (χ4n) is 3.35. The van der Waals surface area contributed by atoms with E-state index in [4.69, 9.17) is 11.6 Å². The lowest BCUT2D eigenvalue weighted by molar-refractivity contribution is -0.121. The summed E-state index contributed by atoms with van der Waals surface area (Å²) in [5.74, 6) is 1.78. The van der Waals surface area contributed by atoms with Crippen molar-refractivity contribution in [1.29, 1.82) is 0 Å². The zero-order valence-electron chi connectivity index (χ0n) is 9.66. The highest BCUT2D eigenvalue weighted by atomic mass is 35.5. The normalized spacial score (nSPS) is 30.5. The van der Waals surface area contributed by atoms with Crippen molar-refractivity contribution in [3.8, 4) is 0 Å². The highest BCUT2D eigenvalue weighted by Crippen LogP contribution is 2.48. The first-order chi connectivity index (χ1) is 8.24. The van der Waals surface area contributed by atoms with Crippen molar-refractivity contribution >= 4 is 23.2 Å². The van der Waals surface area contributed by atoms with Crippen LogP contribution in [0.1, 0.15) is 25.7 Å². The lowest BCUT2D eigenvalue weighted by Crippen LogP contribution is -2.27. The minimum Gasteiger partial charge on any atom is -0.325 e. The number of anilines is 1. The molecule has 2 aliphatic rings. The fourth-order valence-corrected chi connectivity index (χ4v) is 3.54. The minimum absolute atomic E-state index is 0.158. The zero-order chi connectivity index (χ0) is 11.8. The molecule has 2 nitrogen and oxygen atoms in total. The SMILES string of the molecule is O=C(Nc1ccccc1Cl)C1CC2CCC1C2. The van der Waals surface area contributed by atoms with E-state index in [2.05, 4.69) is 5.32 Å². The molecule has 0 aromatic heterocycles. The van der Waals surface area contributed by atoms with E-state index in [1.54, 1.807) is 6.07 Å². The molecule has 2 saturated carbocycles. The van der Waals surface area contributed by atoms with Crippen molar-refractivity contribution in [2.45, 2.75) is 25.7 Å². The first-order valence-corrected chi connectivity index (χ1v) is 6.67. The van der Waals surface area contributed by atoms with Crippen LogP contribution >= 0.6 is 11.6 Å². The van der Waals surface area contributed by atoms with Gasteiger partial charge >= 0.3 is 0 Å². The molecule has 1 amide bonds. The highest BCUT2D eigenvalue weighted by molar-refractivity contribution is 6.33. The Bertz CT molecular complexity index is 446. The van der Waals surface area contributed by atoms with E-state index in [0.717, 1.165) is 18.0 Å². The molecule has 2 fully saturated rings. The van der Waals surface area contributed by atoms with Crippen LogP contribution in [0.4, 0.5) is 5.69 Å². The Morgan fingerprint density at radius 2 is 2.06 bits per heavy atom. The van der Waals surface area contributed by atoms with Crippen LogP contribution in [0.25, 0.3) is 0 Å². The number of para-hydroxylation sites is 1. The summed E-state index contributed by atoms with van der Waals surface area (Å²) in [4.78, 5) is 12.2. The lowest BCUT2D eigenvalue weighted by Gasteiger charge is -2.21. The summed E-state index contributed by atoms with van der Waals surface area (Å²) in [5, 5.41) is 3.58. The molecule has 1 N–H and O–H groups in total. The second kappa shape index (κ2) is 4.34. The van der Waals surface area contributed by atoms with E-state index < -0.39 is 0 Å². The first-order valence-electron chi connectivity index (χ1n) is 6.29. The summed E-state index contributed by atoms with van der Waals surface area (Å²) < 4.78 is 0. The summed E-state index contributed by atoms with van der Waals surface area (Å²) in [6.45, 7) is 0. The number of amides is 1. The topological polar surface area (TPSA) is 29.1 Å². The molecule has 3 atom stereocenters. The molecule has 0 radical (unpaired) electrons. The Labute approximate surface area is 106 Å². The molecule has 2 aliphatic carbocycles. The number of carbonyl (C=O) groups excluding carboxylic acids is 1. The Balaban J connectivity index is 1.70. The van der Waals surface area contributed by atoms with Gasteiger partial charge in [0.15, 0.2) is 0 Å². The second-order valence-electron chi connectivity index (χ2n) is 5.25. The molecule has 0 heterocycles. The number of hydrogen-bond donors (Lipinski definition) is 1. The maximum atomic E-state index is 12.2. The van der Waals surface area contributed by atoms with E-state index in [9.17, 15) is 4.79 Å². The standard InChI is InChI=1S/C14H16ClNO/c15-12-3-1-2-4-13(12)16-14(17)11-8-9-5-6-10(11)7-9/h1-4,9-11H,5-8H2,(H,16,17). The number of hydrogen-bond acceptors (Lipinski definition) is 1. The fraction of sp³-hybridized carbons (Fsp3) is 0.500. The van der Waals surface area contributed by atoms with Crippen molar-refractivity contribution in [3.63, 3.8) is 0 Å². The van der Waals surface area contributed by atoms with Gasteiger partial charge in [-0.05, 0) is 43.2 Å². The third-order valence-electron chi connectivity index (χ3n) is 4.21. The Morgan fingerprint density at radius 1 is 1.24 bits per heavy atom. The third kappa shape index (κ3) is 2.06. The van der Waals surface area contributed by atoms with E-state index >= 15 is 0 Å². The summed E-state index contributed by atoms with van der Waals surface area (Å²) in [7, 11) is 0. The van der Waals surface area contributed by atoms with Crippen LogP contribution in [0, 0.1) is 17.8 Å². The van der Waals surface area contributed by atoms with Crippen LogP contribution in [0.3, 0.4) is 0 Å². The molecule has 0 aliphatic heterocycles. The van der Waals surface area contributed by atoms with Crippen LogP contribution in [0.2, 0.25) is 5.02 Å². The number of carbonyl (C=O) groups is 1. The summed E-state index contributed by atoms with van der Waals surface area (Å²) >= 11 is 6.04. The average molecular weight is 250 g/mol. The summed E-state index contributed by atoms with van der Waals surface area (Å²) in [6, 6.07) is 7.42. The van der Waals surface area contributed by atoms with Crippen LogP contribution in [0.5, 0.6) is 0 Å². The average Bonchev–Trinajstić information content (AvgIpc) is 2.94. The molecule has 1 aromatic rings. The quantitative estimate of drug-likeness (QED) is 0.851. The van der Waals surface area contributed by atoms with Gasteiger partial charge in [-0.15, -0.1) is 0 Å². The minimum atomic E-state index is 0.158. The predicted octanol–water partition coefficient (Wildman–Crippen LogP) is 3.71. The molecule has 0 spiro atoms. The predicted molar refractivity (Wildman–Crippen MR) is 69.0 cm³/mol. The first kappa shape index (κ1) is 11.1. The Morgan fingerprint density at radius 3 is 2.71 bits per heavy atom. The number of rotatable bonds is 2. The van der Waals surface area contributed by atoms with Gasteiger partial charge in [-0.1, -0.05) is 30.2 Å². The van der Waals surface area contributed by atoms with Gasteiger partial charge in [0.25, 0.3) is 0 Å². The smallest absolute Gasteiger partial charge is 0.227 e. The molecule has 3 unspecified atom stereocenters. The Kier molecular flexibility index (Phi) is 2.83. The van der Waals surface area contributed by atoms with E-state index in [1.165, 1.54) is 19.3 Å². The van der Waals surface area contributed by atoms with Crippen molar-refractivity contribution in [2.75, 3.05) is 5.32 Å². The van der Waals surface area contributed by atoms with Crippen molar-refractivity contribution < 1.29 is 4.79 Å². The van der Waals surface area contributed by atoms with Crippen LogP contribution in [-0.4, -0.2) is 5.91 Å². The van der Waals surface area contributed by atoms with Crippen LogP contribution in [0.15, 0.2) is 24.3 Å². The zero-order valence-corrected chi connectivity index (χ0v) is 10.4. The molecular weight excluding hydrogens is 234 g/mol. The second-order valence-corrected chi connectivity index (χ2v) is 5.66. The largest absolute Gasteiger partial charge is 0.325 e. The summed E-state index contributed by atoms with van der Waals surface area (Å²) in [6.07, 6.45) is 4.87. The van der Waals surface area contributed by atoms with E-state index in [1.807, 2.05) is 18.2 Å². The van der Waals surface area contributed by atoms with Crippen molar-refractivity contribution in [3.05, 3.63) is 29.3 Å². The van der Waals surface area contributed by atoms with Crippen molar-refractivity contribution in [1.82, 2.24) is 0 Å². The van der Waals surface area contributed by atoms with Gasteiger partial charge in [-0.3, -0.25) is 4.79 Å².